The van der Waals surface area contributed by atoms with Crippen LogP contribution in [0.5, 0.6) is 0 Å². The van der Waals surface area contributed by atoms with Gasteiger partial charge in [0.1, 0.15) is 5.82 Å². The van der Waals surface area contributed by atoms with Gasteiger partial charge >= 0.3 is 0 Å². The van der Waals surface area contributed by atoms with Gasteiger partial charge in [0.05, 0.1) is 5.69 Å². The van der Waals surface area contributed by atoms with E-state index < -0.39 is 0 Å². The lowest BCUT2D eigenvalue weighted by atomic mass is 10.1. The second kappa shape index (κ2) is 8.76. The zero-order valence-electron chi connectivity index (χ0n) is 16.3. The van der Waals surface area contributed by atoms with E-state index in [2.05, 4.69) is 53.0 Å². The van der Waals surface area contributed by atoms with E-state index in [1.165, 1.54) is 45.4 Å². The molecule has 3 aromatic rings. The van der Waals surface area contributed by atoms with E-state index in [9.17, 15) is 4.39 Å². The van der Waals surface area contributed by atoms with Crippen molar-refractivity contribution in [1.82, 2.24) is 9.47 Å². The highest BCUT2D eigenvalue weighted by molar-refractivity contribution is 7.99. The molecular formula is C23H25FN2S2. The topological polar surface area (TPSA) is 8.17 Å². The second-order valence-electron chi connectivity index (χ2n) is 7.07. The van der Waals surface area contributed by atoms with Crippen molar-refractivity contribution in [1.29, 1.82) is 0 Å². The molecule has 1 saturated heterocycles. The average Bonchev–Trinajstić information content (AvgIpc) is 3.05. The van der Waals surface area contributed by atoms with E-state index >= 15 is 0 Å². The van der Waals surface area contributed by atoms with Crippen molar-refractivity contribution in [3.63, 3.8) is 0 Å². The Morgan fingerprint density at radius 3 is 2.32 bits per heavy atom. The number of aromatic nitrogens is 1. The van der Waals surface area contributed by atoms with Gasteiger partial charge in [-0.15, -0.1) is 11.8 Å². The lowest BCUT2D eigenvalue weighted by Crippen LogP contribution is -2.32. The summed E-state index contributed by atoms with van der Waals surface area (Å²) in [6.45, 7) is 5.43. The molecule has 0 bridgehead atoms. The fourth-order valence-corrected chi connectivity index (χ4v) is 5.10. The standard InChI is InChI=1S/C23H25FN2S2/c1-17-19(16-25-11-13-28-14-12-25)15-23(18-3-9-22(27-2)10-4-18)26(17)21-7-5-20(24)6-8-21/h3-10,15H,11-14,16H2,1-2H3. The third-order valence-electron chi connectivity index (χ3n) is 5.32. The molecule has 2 aromatic carbocycles. The second-order valence-corrected chi connectivity index (χ2v) is 9.17. The number of hydrogen-bond donors (Lipinski definition) is 0. The smallest absolute Gasteiger partial charge is 0.123 e. The Kier molecular flexibility index (Phi) is 6.14. The van der Waals surface area contributed by atoms with Crippen molar-refractivity contribution >= 4 is 23.5 Å². The number of nitrogens with zero attached hydrogens (tertiary/aromatic N) is 2. The van der Waals surface area contributed by atoms with Crippen molar-refractivity contribution < 1.29 is 4.39 Å². The normalized spacial score (nSPS) is 15.1. The van der Waals surface area contributed by atoms with Gasteiger partial charge in [0.25, 0.3) is 0 Å². The van der Waals surface area contributed by atoms with Crippen LogP contribution in [0, 0.1) is 12.7 Å². The Balaban J connectivity index is 1.77. The third-order valence-corrected chi connectivity index (χ3v) is 7.01. The van der Waals surface area contributed by atoms with Gasteiger partial charge < -0.3 is 4.57 Å². The van der Waals surface area contributed by atoms with Crippen LogP contribution >= 0.6 is 23.5 Å². The van der Waals surface area contributed by atoms with Gasteiger partial charge in [-0.25, -0.2) is 4.39 Å². The van der Waals surface area contributed by atoms with E-state index in [4.69, 9.17) is 0 Å². The van der Waals surface area contributed by atoms with Gasteiger partial charge in [-0.3, -0.25) is 4.90 Å². The van der Waals surface area contributed by atoms with Gasteiger partial charge in [-0.05, 0) is 66.8 Å². The first-order valence-electron chi connectivity index (χ1n) is 9.57. The van der Waals surface area contributed by atoms with Crippen LogP contribution in [0.25, 0.3) is 16.9 Å². The molecule has 0 amide bonds. The highest BCUT2D eigenvalue weighted by Crippen LogP contribution is 2.31. The average molecular weight is 413 g/mol. The molecule has 28 heavy (non-hydrogen) atoms. The van der Waals surface area contributed by atoms with Gasteiger partial charge in [-0.2, -0.15) is 11.8 Å². The third kappa shape index (κ3) is 4.17. The minimum absolute atomic E-state index is 0.203. The quantitative estimate of drug-likeness (QED) is 0.485. The minimum atomic E-state index is -0.203. The van der Waals surface area contributed by atoms with Crippen molar-refractivity contribution in [3.05, 3.63) is 71.7 Å². The molecule has 0 N–H and O–H groups in total. The van der Waals surface area contributed by atoms with Crippen molar-refractivity contribution in [2.75, 3.05) is 30.9 Å². The monoisotopic (exact) mass is 412 g/mol. The molecule has 0 radical (unpaired) electrons. The number of rotatable bonds is 5. The Labute approximate surface area is 175 Å². The first-order valence-corrected chi connectivity index (χ1v) is 12.0. The summed E-state index contributed by atoms with van der Waals surface area (Å²) in [4.78, 5) is 3.79. The molecule has 1 fully saturated rings. The van der Waals surface area contributed by atoms with Crippen LogP contribution < -0.4 is 0 Å². The van der Waals surface area contributed by atoms with Gasteiger partial charge in [0.15, 0.2) is 0 Å². The molecule has 2 nitrogen and oxygen atoms in total. The van der Waals surface area contributed by atoms with E-state index in [1.807, 2.05) is 23.9 Å². The molecule has 1 aromatic heterocycles. The van der Waals surface area contributed by atoms with E-state index in [-0.39, 0.29) is 5.82 Å². The molecule has 4 rings (SSSR count). The Bertz CT molecular complexity index is 926. The van der Waals surface area contributed by atoms with Crippen LogP contribution in [-0.4, -0.2) is 40.3 Å². The summed E-state index contributed by atoms with van der Waals surface area (Å²) in [6.07, 6.45) is 2.09. The highest BCUT2D eigenvalue weighted by atomic mass is 32.2. The molecule has 0 aliphatic carbocycles. The van der Waals surface area contributed by atoms with E-state index in [0.717, 1.165) is 31.0 Å². The summed E-state index contributed by atoms with van der Waals surface area (Å²) >= 11 is 3.79. The molecule has 1 aliphatic heterocycles. The Morgan fingerprint density at radius 1 is 1.00 bits per heavy atom. The van der Waals surface area contributed by atoms with E-state index in [0.29, 0.717) is 0 Å². The summed E-state index contributed by atoms with van der Waals surface area (Å²) in [7, 11) is 0. The molecular weight excluding hydrogens is 387 g/mol. The molecule has 2 heterocycles. The molecule has 146 valence electrons. The van der Waals surface area contributed by atoms with Crippen LogP contribution in [0.1, 0.15) is 11.3 Å². The Hall–Kier alpha value is -1.69. The molecule has 0 atom stereocenters. The van der Waals surface area contributed by atoms with Crippen molar-refractivity contribution in [2.45, 2.75) is 18.4 Å². The largest absolute Gasteiger partial charge is 0.314 e. The zero-order chi connectivity index (χ0) is 19.5. The maximum absolute atomic E-state index is 13.5. The summed E-state index contributed by atoms with van der Waals surface area (Å²) < 4.78 is 15.8. The van der Waals surface area contributed by atoms with Crippen LogP contribution in [0.4, 0.5) is 4.39 Å². The highest BCUT2D eigenvalue weighted by Gasteiger charge is 2.18. The number of halogens is 1. The number of benzene rings is 2. The Morgan fingerprint density at radius 2 is 1.68 bits per heavy atom. The molecule has 1 aliphatic rings. The fraction of sp³-hybridized carbons (Fsp3) is 0.304. The van der Waals surface area contributed by atoms with Crippen LogP contribution in [0.15, 0.2) is 59.5 Å². The maximum Gasteiger partial charge on any atom is 0.123 e. The van der Waals surface area contributed by atoms with Crippen molar-refractivity contribution in [3.8, 4) is 16.9 Å². The molecule has 0 unspecified atom stereocenters. The number of thioether (sulfide) groups is 2. The predicted octanol–water partition coefficient (Wildman–Crippen LogP) is 5.86. The molecule has 0 saturated carbocycles. The molecule has 5 heteroatoms. The van der Waals surface area contributed by atoms with Crippen LogP contribution in [-0.2, 0) is 6.54 Å². The van der Waals surface area contributed by atoms with Crippen molar-refractivity contribution in [2.24, 2.45) is 0 Å². The first-order chi connectivity index (χ1) is 13.7. The summed E-state index contributed by atoms with van der Waals surface area (Å²) in [5.41, 5.74) is 5.93. The predicted molar refractivity (Wildman–Crippen MR) is 120 cm³/mol. The summed E-state index contributed by atoms with van der Waals surface area (Å²) in [6, 6.07) is 17.8. The minimum Gasteiger partial charge on any atom is -0.314 e. The fourth-order valence-electron chi connectivity index (χ4n) is 3.72. The van der Waals surface area contributed by atoms with E-state index in [1.54, 1.807) is 11.8 Å². The summed E-state index contributed by atoms with van der Waals surface area (Å²) in [5, 5.41) is 0. The van der Waals surface area contributed by atoms with Crippen LogP contribution in [0.3, 0.4) is 0 Å². The maximum atomic E-state index is 13.5. The first kappa shape index (κ1) is 19.6. The summed E-state index contributed by atoms with van der Waals surface area (Å²) in [5.74, 6) is 2.21. The molecule has 0 spiro atoms. The zero-order valence-corrected chi connectivity index (χ0v) is 18.0. The lowest BCUT2D eigenvalue weighted by molar-refractivity contribution is 0.294. The lowest BCUT2D eigenvalue weighted by Gasteiger charge is -2.26. The van der Waals surface area contributed by atoms with Gasteiger partial charge in [-0.1, -0.05) is 12.1 Å². The van der Waals surface area contributed by atoms with Crippen LogP contribution in [0.2, 0.25) is 0 Å². The number of hydrogen-bond acceptors (Lipinski definition) is 3. The van der Waals surface area contributed by atoms with Gasteiger partial charge in [0, 0.05) is 47.4 Å². The van der Waals surface area contributed by atoms with Gasteiger partial charge in [0.2, 0.25) is 0 Å². The SMILES string of the molecule is CSc1ccc(-c2cc(CN3CCSCC3)c(C)n2-c2ccc(F)cc2)cc1.